The van der Waals surface area contributed by atoms with Crippen LogP contribution in [-0.4, -0.2) is 5.91 Å². The number of nitrogens with one attached hydrogen (secondary N) is 2. The van der Waals surface area contributed by atoms with Gasteiger partial charge in [0, 0.05) is 11.4 Å². The number of rotatable bonds is 4. The van der Waals surface area contributed by atoms with Crippen LogP contribution >= 0.6 is 0 Å². The van der Waals surface area contributed by atoms with Crippen molar-refractivity contribution in [1.82, 2.24) is 0 Å². The third kappa shape index (κ3) is 3.72. The molecule has 0 aliphatic carbocycles. The molecule has 3 aromatic rings. The molecule has 0 unspecified atom stereocenters. The summed E-state index contributed by atoms with van der Waals surface area (Å²) in [6.45, 7) is 6.14. The van der Waals surface area contributed by atoms with Gasteiger partial charge in [0.1, 0.15) is 0 Å². The van der Waals surface area contributed by atoms with Crippen LogP contribution in [0.3, 0.4) is 0 Å². The summed E-state index contributed by atoms with van der Waals surface area (Å²) in [6, 6.07) is 21.5. The average Bonchev–Trinajstić information content (AvgIpc) is 2.61. The van der Waals surface area contributed by atoms with Crippen LogP contribution in [0.2, 0.25) is 0 Å². The molecule has 0 saturated heterocycles. The SMILES string of the molecule is Cc1ccccc1NC(=O)c1ccccc1Nc1cccc(C)c1C. The lowest BCUT2D eigenvalue weighted by Gasteiger charge is -2.15. The lowest BCUT2D eigenvalue weighted by molar-refractivity contribution is 0.102. The number of para-hydroxylation sites is 2. The molecule has 0 heterocycles. The minimum absolute atomic E-state index is 0.122. The van der Waals surface area contributed by atoms with Gasteiger partial charge in [0.05, 0.1) is 11.3 Å². The molecule has 3 heteroatoms. The number of hydrogen-bond donors (Lipinski definition) is 2. The molecular weight excluding hydrogens is 308 g/mol. The number of amides is 1. The van der Waals surface area contributed by atoms with E-state index in [1.807, 2.05) is 67.6 Å². The molecule has 0 aliphatic heterocycles. The fourth-order valence-electron chi connectivity index (χ4n) is 2.72. The number of anilines is 3. The lowest BCUT2D eigenvalue weighted by atomic mass is 10.1. The summed E-state index contributed by atoms with van der Waals surface area (Å²) in [4.78, 5) is 12.8. The number of carbonyl (C=O) groups is 1. The molecule has 3 aromatic carbocycles. The number of aryl methyl sites for hydroxylation is 2. The summed E-state index contributed by atoms with van der Waals surface area (Å²) < 4.78 is 0. The van der Waals surface area contributed by atoms with E-state index in [4.69, 9.17) is 0 Å². The maximum Gasteiger partial charge on any atom is 0.257 e. The highest BCUT2D eigenvalue weighted by atomic mass is 16.1. The monoisotopic (exact) mass is 330 g/mol. The molecule has 1 amide bonds. The van der Waals surface area contributed by atoms with E-state index in [9.17, 15) is 4.79 Å². The zero-order chi connectivity index (χ0) is 17.8. The maximum absolute atomic E-state index is 12.8. The first kappa shape index (κ1) is 16.8. The van der Waals surface area contributed by atoms with Crippen molar-refractivity contribution in [2.45, 2.75) is 20.8 Å². The second kappa shape index (κ2) is 7.22. The Kier molecular flexibility index (Phi) is 4.85. The van der Waals surface area contributed by atoms with Gasteiger partial charge in [-0.25, -0.2) is 0 Å². The normalized spacial score (nSPS) is 10.4. The molecule has 3 nitrogen and oxygen atoms in total. The second-order valence-corrected chi connectivity index (χ2v) is 6.19. The number of hydrogen-bond acceptors (Lipinski definition) is 2. The summed E-state index contributed by atoms with van der Waals surface area (Å²) in [6.07, 6.45) is 0. The van der Waals surface area contributed by atoms with E-state index < -0.39 is 0 Å². The highest BCUT2D eigenvalue weighted by Crippen LogP contribution is 2.26. The van der Waals surface area contributed by atoms with Crippen molar-refractivity contribution in [2.24, 2.45) is 0 Å². The van der Waals surface area contributed by atoms with Gasteiger partial charge in [-0.2, -0.15) is 0 Å². The van der Waals surface area contributed by atoms with Crippen LogP contribution in [0.5, 0.6) is 0 Å². The van der Waals surface area contributed by atoms with Gasteiger partial charge >= 0.3 is 0 Å². The van der Waals surface area contributed by atoms with Crippen LogP contribution in [-0.2, 0) is 0 Å². The minimum Gasteiger partial charge on any atom is -0.355 e. The van der Waals surface area contributed by atoms with E-state index in [0.29, 0.717) is 5.56 Å². The molecule has 3 rings (SSSR count). The Morgan fingerprint density at radius 1 is 0.680 bits per heavy atom. The molecule has 25 heavy (non-hydrogen) atoms. The predicted molar refractivity (Wildman–Crippen MR) is 105 cm³/mol. The van der Waals surface area contributed by atoms with E-state index in [1.54, 1.807) is 0 Å². The zero-order valence-electron chi connectivity index (χ0n) is 14.8. The van der Waals surface area contributed by atoms with Crippen LogP contribution < -0.4 is 10.6 Å². The topological polar surface area (TPSA) is 41.1 Å². The molecule has 0 radical (unpaired) electrons. The highest BCUT2D eigenvalue weighted by molar-refractivity contribution is 6.08. The van der Waals surface area contributed by atoms with Crippen molar-refractivity contribution in [3.63, 3.8) is 0 Å². The molecular formula is C22H22N2O. The quantitative estimate of drug-likeness (QED) is 0.653. The third-order valence-corrected chi connectivity index (χ3v) is 4.44. The maximum atomic E-state index is 12.8. The summed E-state index contributed by atoms with van der Waals surface area (Å²) in [5, 5.41) is 6.40. The molecule has 0 aromatic heterocycles. The number of benzene rings is 3. The van der Waals surface area contributed by atoms with E-state index in [-0.39, 0.29) is 5.91 Å². The summed E-state index contributed by atoms with van der Waals surface area (Å²) in [5.74, 6) is -0.122. The molecule has 0 atom stereocenters. The molecule has 0 aliphatic rings. The van der Waals surface area contributed by atoms with Crippen LogP contribution in [0.4, 0.5) is 17.1 Å². The first-order valence-corrected chi connectivity index (χ1v) is 8.35. The van der Waals surface area contributed by atoms with E-state index in [1.165, 1.54) is 11.1 Å². The zero-order valence-corrected chi connectivity index (χ0v) is 14.8. The summed E-state index contributed by atoms with van der Waals surface area (Å²) in [7, 11) is 0. The van der Waals surface area contributed by atoms with Crippen molar-refractivity contribution in [2.75, 3.05) is 10.6 Å². The smallest absolute Gasteiger partial charge is 0.257 e. The average molecular weight is 330 g/mol. The number of carbonyl (C=O) groups excluding carboxylic acids is 1. The Morgan fingerprint density at radius 3 is 2.04 bits per heavy atom. The summed E-state index contributed by atoms with van der Waals surface area (Å²) >= 11 is 0. The van der Waals surface area contributed by atoms with Crippen molar-refractivity contribution in [3.8, 4) is 0 Å². The Hall–Kier alpha value is -3.07. The molecule has 0 saturated carbocycles. The minimum atomic E-state index is -0.122. The van der Waals surface area contributed by atoms with Gasteiger partial charge in [-0.3, -0.25) is 4.79 Å². The summed E-state index contributed by atoms with van der Waals surface area (Å²) in [5.41, 5.74) is 6.68. The van der Waals surface area contributed by atoms with Crippen LogP contribution in [0.15, 0.2) is 66.7 Å². The fraction of sp³-hybridized carbons (Fsp3) is 0.136. The predicted octanol–water partition coefficient (Wildman–Crippen LogP) is 5.61. The van der Waals surface area contributed by atoms with Crippen molar-refractivity contribution in [3.05, 3.63) is 89.0 Å². The molecule has 2 N–H and O–H groups in total. The van der Waals surface area contributed by atoms with Crippen molar-refractivity contribution in [1.29, 1.82) is 0 Å². The van der Waals surface area contributed by atoms with Crippen LogP contribution in [0.1, 0.15) is 27.0 Å². The Labute approximate surface area is 148 Å². The Bertz CT molecular complexity index is 915. The van der Waals surface area contributed by atoms with Crippen LogP contribution in [0, 0.1) is 20.8 Å². The van der Waals surface area contributed by atoms with Crippen molar-refractivity contribution >= 4 is 23.0 Å². The molecule has 126 valence electrons. The molecule has 0 fully saturated rings. The fourth-order valence-corrected chi connectivity index (χ4v) is 2.72. The largest absolute Gasteiger partial charge is 0.355 e. The first-order chi connectivity index (χ1) is 12.1. The van der Waals surface area contributed by atoms with Gasteiger partial charge < -0.3 is 10.6 Å². The first-order valence-electron chi connectivity index (χ1n) is 8.35. The van der Waals surface area contributed by atoms with Gasteiger partial charge in [0.2, 0.25) is 0 Å². The Morgan fingerprint density at radius 2 is 1.28 bits per heavy atom. The van der Waals surface area contributed by atoms with E-state index in [2.05, 4.69) is 30.5 Å². The van der Waals surface area contributed by atoms with Gasteiger partial charge in [-0.1, -0.05) is 42.5 Å². The standard InChI is InChI=1S/C22H22N2O/c1-15-10-8-14-20(17(15)3)23-21-13-7-5-11-18(21)22(25)24-19-12-6-4-9-16(19)2/h4-14,23H,1-3H3,(H,24,25). The van der Waals surface area contributed by atoms with Crippen molar-refractivity contribution < 1.29 is 4.79 Å². The van der Waals surface area contributed by atoms with Gasteiger partial charge in [-0.15, -0.1) is 0 Å². The van der Waals surface area contributed by atoms with Gasteiger partial charge in [-0.05, 0) is 61.7 Å². The molecule has 0 bridgehead atoms. The Balaban J connectivity index is 1.89. The highest BCUT2D eigenvalue weighted by Gasteiger charge is 2.13. The lowest BCUT2D eigenvalue weighted by Crippen LogP contribution is -2.14. The molecule has 0 spiro atoms. The van der Waals surface area contributed by atoms with Gasteiger partial charge in [0.15, 0.2) is 0 Å². The van der Waals surface area contributed by atoms with Crippen LogP contribution in [0.25, 0.3) is 0 Å². The van der Waals surface area contributed by atoms with Gasteiger partial charge in [0.25, 0.3) is 5.91 Å². The third-order valence-electron chi connectivity index (χ3n) is 4.44. The second-order valence-electron chi connectivity index (χ2n) is 6.19. The van der Waals surface area contributed by atoms with E-state index >= 15 is 0 Å². The van der Waals surface area contributed by atoms with E-state index in [0.717, 1.165) is 22.6 Å².